The van der Waals surface area contributed by atoms with Gasteiger partial charge in [-0.1, -0.05) is 18.5 Å². The van der Waals surface area contributed by atoms with Crippen molar-refractivity contribution in [2.45, 2.75) is 42.8 Å². The van der Waals surface area contributed by atoms with E-state index in [-0.39, 0.29) is 15.8 Å². The molecule has 0 saturated heterocycles. The number of nitrogen functional groups attached to an aromatic ring is 1. The molecule has 0 heterocycles. The van der Waals surface area contributed by atoms with Gasteiger partial charge in [-0.05, 0) is 49.8 Å². The van der Waals surface area contributed by atoms with Gasteiger partial charge in [-0.2, -0.15) is 0 Å². The number of anilines is 1. The number of rotatable bonds is 2. The second-order valence-corrected chi connectivity index (χ2v) is 7.74. The molecule has 0 aliphatic heterocycles. The van der Waals surface area contributed by atoms with E-state index in [0.717, 1.165) is 25.7 Å². The first-order chi connectivity index (χ1) is 8.41. The Kier molecular flexibility index (Phi) is 3.87. The van der Waals surface area contributed by atoms with Gasteiger partial charge in [0.25, 0.3) is 0 Å². The summed E-state index contributed by atoms with van der Waals surface area (Å²) in [6.45, 7) is 2.16. The zero-order chi connectivity index (χ0) is 13.3. The second-order valence-electron chi connectivity index (χ2n) is 5.11. The maximum atomic E-state index is 12.5. The molecule has 2 rings (SSSR count). The molecule has 1 aliphatic rings. The van der Waals surface area contributed by atoms with Gasteiger partial charge in [0.2, 0.25) is 0 Å². The van der Waals surface area contributed by atoms with E-state index in [2.05, 4.69) is 6.92 Å². The number of hydrogen-bond acceptors (Lipinski definition) is 3. The van der Waals surface area contributed by atoms with Crippen LogP contribution in [0.4, 0.5) is 5.69 Å². The van der Waals surface area contributed by atoms with Crippen LogP contribution in [0.3, 0.4) is 0 Å². The SMILES string of the molecule is CC1CCC(S(=O)(=O)c2cc(Cl)ccc2N)CC1. The number of hydrogen-bond donors (Lipinski definition) is 1. The van der Waals surface area contributed by atoms with Gasteiger partial charge in [0, 0.05) is 5.02 Å². The second kappa shape index (κ2) is 5.10. The quantitative estimate of drug-likeness (QED) is 0.849. The van der Waals surface area contributed by atoms with E-state index < -0.39 is 9.84 Å². The minimum atomic E-state index is -3.35. The fraction of sp³-hybridized carbons (Fsp3) is 0.538. The molecular formula is C13H18ClNO2S. The summed E-state index contributed by atoms with van der Waals surface area (Å²) in [6.07, 6.45) is 3.36. The lowest BCUT2D eigenvalue weighted by molar-refractivity contribution is 0.382. The molecule has 0 amide bonds. The van der Waals surface area contributed by atoms with Crippen LogP contribution in [0.15, 0.2) is 23.1 Å². The highest BCUT2D eigenvalue weighted by Gasteiger charge is 2.32. The van der Waals surface area contributed by atoms with E-state index in [4.69, 9.17) is 17.3 Å². The van der Waals surface area contributed by atoms with Crippen LogP contribution in [-0.4, -0.2) is 13.7 Å². The van der Waals surface area contributed by atoms with Gasteiger partial charge >= 0.3 is 0 Å². The topological polar surface area (TPSA) is 60.2 Å². The Hall–Kier alpha value is -0.740. The van der Waals surface area contributed by atoms with Gasteiger partial charge < -0.3 is 5.73 Å². The summed E-state index contributed by atoms with van der Waals surface area (Å²) in [5.74, 6) is 0.619. The fourth-order valence-corrected chi connectivity index (χ4v) is 4.65. The smallest absolute Gasteiger partial charge is 0.183 e. The van der Waals surface area contributed by atoms with Gasteiger partial charge in [0.15, 0.2) is 9.84 Å². The van der Waals surface area contributed by atoms with E-state index in [9.17, 15) is 8.42 Å². The van der Waals surface area contributed by atoms with Crippen LogP contribution < -0.4 is 5.73 Å². The van der Waals surface area contributed by atoms with Crippen molar-refractivity contribution in [3.05, 3.63) is 23.2 Å². The normalized spacial score (nSPS) is 25.0. The van der Waals surface area contributed by atoms with Gasteiger partial charge in [0.05, 0.1) is 15.8 Å². The molecule has 1 fully saturated rings. The number of halogens is 1. The van der Waals surface area contributed by atoms with Crippen molar-refractivity contribution in [1.82, 2.24) is 0 Å². The van der Waals surface area contributed by atoms with Gasteiger partial charge in [0.1, 0.15) is 0 Å². The van der Waals surface area contributed by atoms with Crippen molar-refractivity contribution in [3.63, 3.8) is 0 Å². The molecule has 0 aromatic heterocycles. The molecule has 1 aliphatic carbocycles. The molecule has 1 saturated carbocycles. The van der Waals surface area contributed by atoms with E-state index >= 15 is 0 Å². The molecule has 18 heavy (non-hydrogen) atoms. The number of sulfone groups is 1. The summed E-state index contributed by atoms with van der Waals surface area (Å²) in [6, 6.07) is 4.63. The Morgan fingerprint density at radius 2 is 1.83 bits per heavy atom. The molecule has 3 nitrogen and oxygen atoms in total. The van der Waals surface area contributed by atoms with E-state index in [1.165, 1.54) is 6.07 Å². The van der Waals surface area contributed by atoms with Crippen molar-refractivity contribution in [2.75, 3.05) is 5.73 Å². The lowest BCUT2D eigenvalue weighted by atomic mass is 9.91. The molecule has 0 unspecified atom stereocenters. The summed E-state index contributed by atoms with van der Waals surface area (Å²) in [4.78, 5) is 0.189. The van der Waals surface area contributed by atoms with Crippen LogP contribution in [0.2, 0.25) is 5.02 Å². The molecule has 0 bridgehead atoms. The summed E-state index contributed by atoms with van der Waals surface area (Å²) in [5, 5.41) is 0.0985. The average Bonchev–Trinajstić information content (AvgIpc) is 2.32. The summed E-state index contributed by atoms with van der Waals surface area (Å²) < 4.78 is 25.1. The Bertz CT molecular complexity index is 534. The first kappa shape index (κ1) is 13.7. The largest absolute Gasteiger partial charge is 0.398 e. The van der Waals surface area contributed by atoms with Crippen LogP contribution in [0.5, 0.6) is 0 Å². The predicted octanol–water partition coefficient (Wildman–Crippen LogP) is 3.27. The zero-order valence-corrected chi connectivity index (χ0v) is 12.0. The van der Waals surface area contributed by atoms with Crippen LogP contribution in [0.25, 0.3) is 0 Å². The third kappa shape index (κ3) is 2.64. The fourth-order valence-electron chi connectivity index (χ4n) is 2.47. The highest BCUT2D eigenvalue weighted by atomic mass is 35.5. The lowest BCUT2D eigenvalue weighted by Crippen LogP contribution is -2.27. The third-order valence-corrected chi connectivity index (χ3v) is 6.23. The standard InChI is InChI=1S/C13H18ClNO2S/c1-9-2-5-11(6-3-9)18(16,17)13-8-10(14)4-7-12(13)15/h4,7-9,11H,2-3,5-6,15H2,1H3. The van der Waals surface area contributed by atoms with Crippen LogP contribution in [0.1, 0.15) is 32.6 Å². The van der Waals surface area contributed by atoms with Crippen molar-refractivity contribution in [1.29, 1.82) is 0 Å². The first-order valence-corrected chi connectivity index (χ1v) is 8.12. The molecule has 0 radical (unpaired) electrons. The monoisotopic (exact) mass is 287 g/mol. The van der Waals surface area contributed by atoms with E-state index in [1.54, 1.807) is 12.1 Å². The number of benzene rings is 1. The van der Waals surface area contributed by atoms with Gasteiger partial charge in [-0.3, -0.25) is 0 Å². The predicted molar refractivity (Wildman–Crippen MR) is 74.5 cm³/mol. The Balaban J connectivity index is 2.33. The average molecular weight is 288 g/mol. The van der Waals surface area contributed by atoms with E-state index in [0.29, 0.717) is 10.9 Å². The first-order valence-electron chi connectivity index (χ1n) is 6.20. The molecule has 0 atom stereocenters. The summed E-state index contributed by atoms with van der Waals surface area (Å²) in [5.41, 5.74) is 6.06. The van der Waals surface area contributed by atoms with Crippen LogP contribution in [0, 0.1) is 5.92 Å². The number of nitrogens with two attached hydrogens (primary N) is 1. The summed E-state index contributed by atoms with van der Waals surface area (Å²) in [7, 11) is -3.35. The van der Waals surface area contributed by atoms with Crippen LogP contribution >= 0.6 is 11.6 Å². The molecular weight excluding hydrogens is 270 g/mol. The van der Waals surface area contributed by atoms with Crippen LogP contribution in [-0.2, 0) is 9.84 Å². The molecule has 2 N–H and O–H groups in total. The molecule has 5 heteroatoms. The van der Waals surface area contributed by atoms with Crippen molar-refractivity contribution < 1.29 is 8.42 Å². The molecule has 1 aromatic carbocycles. The highest BCUT2D eigenvalue weighted by Crippen LogP contribution is 2.34. The third-order valence-electron chi connectivity index (χ3n) is 3.68. The van der Waals surface area contributed by atoms with Crippen molar-refractivity contribution in [2.24, 2.45) is 5.92 Å². The summed E-state index contributed by atoms with van der Waals surface area (Å²) >= 11 is 5.86. The Morgan fingerprint density at radius 3 is 2.44 bits per heavy atom. The maximum Gasteiger partial charge on any atom is 0.183 e. The van der Waals surface area contributed by atoms with Gasteiger partial charge in [-0.15, -0.1) is 0 Å². The highest BCUT2D eigenvalue weighted by molar-refractivity contribution is 7.92. The molecule has 1 aromatic rings. The van der Waals surface area contributed by atoms with Gasteiger partial charge in [-0.25, -0.2) is 8.42 Å². The minimum Gasteiger partial charge on any atom is -0.398 e. The van der Waals surface area contributed by atoms with E-state index in [1.807, 2.05) is 0 Å². The molecule has 0 spiro atoms. The lowest BCUT2D eigenvalue weighted by Gasteiger charge is -2.26. The Morgan fingerprint density at radius 1 is 1.22 bits per heavy atom. The minimum absolute atomic E-state index is 0.189. The zero-order valence-electron chi connectivity index (χ0n) is 10.4. The molecule has 100 valence electrons. The van der Waals surface area contributed by atoms with Crippen molar-refractivity contribution in [3.8, 4) is 0 Å². The Labute approximate surface area is 113 Å². The maximum absolute atomic E-state index is 12.5. The van der Waals surface area contributed by atoms with Crippen molar-refractivity contribution >= 4 is 27.1 Å².